The Morgan fingerprint density at radius 2 is 1.89 bits per heavy atom. The number of aryl methyl sites for hydroxylation is 1. The van der Waals surface area contributed by atoms with Gasteiger partial charge in [0.1, 0.15) is 11.5 Å². The fourth-order valence-electron chi connectivity index (χ4n) is 4.54. The Labute approximate surface area is 165 Å². The van der Waals surface area contributed by atoms with Crippen LogP contribution >= 0.6 is 12.4 Å². The van der Waals surface area contributed by atoms with E-state index in [0.717, 1.165) is 55.7 Å². The first-order valence-corrected chi connectivity index (χ1v) is 9.41. The topological polar surface area (TPSA) is 33.1 Å². The molecule has 1 N–H and O–H groups in total. The van der Waals surface area contributed by atoms with E-state index in [2.05, 4.69) is 15.3 Å². The molecule has 2 aromatic rings. The first-order chi connectivity index (χ1) is 12.5. The van der Waals surface area contributed by atoms with Gasteiger partial charge in [0.05, 0.1) is 5.69 Å². The van der Waals surface area contributed by atoms with Crippen molar-refractivity contribution in [3.05, 3.63) is 46.8 Å². The molecule has 2 aliphatic rings. The molecular formula is C20H27ClF2N4. The fourth-order valence-corrected chi connectivity index (χ4v) is 4.54. The Morgan fingerprint density at radius 3 is 2.59 bits per heavy atom. The third-order valence-corrected chi connectivity index (χ3v) is 6.14. The predicted molar refractivity (Wildman–Crippen MR) is 105 cm³/mol. The molecule has 3 heterocycles. The van der Waals surface area contributed by atoms with E-state index in [4.69, 9.17) is 0 Å². The minimum Gasteiger partial charge on any atom is -0.317 e. The summed E-state index contributed by atoms with van der Waals surface area (Å²) in [6.45, 7) is 9.25. The largest absolute Gasteiger partial charge is 0.317 e. The van der Waals surface area contributed by atoms with E-state index in [1.165, 1.54) is 31.4 Å². The number of piperidine rings is 1. The van der Waals surface area contributed by atoms with Crippen LogP contribution in [0.5, 0.6) is 0 Å². The average molecular weight is 397 g/mol. The Bertz CT molecular complexity index is 815. The normalized spacial score (nSPS) is 19.4. The smallest absolute Gasteiger partial charge is 0.151 e. The number of benzene rings is 1. The minimum atomic E-state index is -0.586. The molecule has 0 radical (unpaired) electrons. The summed E-state index contributed by atoms with van der Waals surface area (Å²) in [5.41, 5.74) is 3.76. The number of hydrogen-bond acceptors (Lipinski definition) is 3. The molecule has 7 heteroatoms. The summed E-state index contributed by atoms with van der Waals surface area (Å²) in [5.74, 6) is -1.16. The zero-order valence-corrected chi connectivity index (χ0v) is 16.7. The maximum atomic E-state index is 14.2. The summed E-state index contributed by atoms with van der Waals surface area (Å²) in [5, 5.41) is 7.99. The Morgan fingerprint density at radius 1 is 1.15 bits per heavy atom. The van der Waals surface area contributed by atoms with Gasteiger partial charge in [-0.05, 0) is 70.3 Å². The molecule has 27 heavy (non-hydrogen) atoms. The van der Waals surface area contributed by atoms with Crippen molar-refractivity contribution in [1.29, 1.82) is 0 Å². The van der Waals surface area contributed by atoms with Gasteiger partial charge >= 0.3 is 0 Å². The molecule has 2 aliphatic heterocycles. The van der Waals surface area contributed by atoms with Crippen LogP contribution in [0.1, 0.15) is 36.2 Å². The molecule has 0 amide bonds. The SMILES string of the molecule is Cc1nn(-c2ccc(F)cc2F)c(C)c1CN1CCC2(CCNCC2)C1.Cl. The van der Waals surface area contributed by atoms with Gasteiger partial charge in [-0.2, -0.15) is 5.10 Å². The predicted octanol–water partition coefficient (Wildman–Crippen LogP) is 3.76. The van der Waals surface area contributed by atoms with Gasteiger partial charge < -0.3 is 5.32 Å². The van der Waals surface area contributed by atoms with E-state index in [-0.39, 0.29) is 12.4 Å². The lowest BCUT2D eigenvalue weighted by atomic mass is 9.78. The molecule has 148 valence electrons. The molecule has 0 unspecified atom stereocenters. The number of rotatable bonds is 3. The Hall–Kier alpha value is -1.50. The third-order valence-electron chi connectivity index (χ3n) is 6.14. The second-order valence-electron chi connectivity index (χ2n) is 7.87. The zero-order valence-electron chi connectivity index (χ0n) is 15.9. The van der Waals surface area contributed by atoms with Gasteiger partial charge in [0.15, 0.2) is 5.82 Å². The van der Waals surface area contributed by atoms with Gasteiger partial charge in [-0.25, -0.2) is 13.5 Å². The van der Waals surface area contributed by atoms with E-state index in [1.807, 2.05) is 13.8 Å². The fraction of sp³-hybridized carbons (Fsp3) is 0.550. The summed E-state index contributed by atoms with van der Waals surface area (Å²) >= 11 is 0. The van der Waals surface area contributed by atoms with E-state index in [0.29, 0.717) is 11.1 Å². The molecule has 0 saturated carbocycles. The summed E-state index contributed by atoms with van der Waals surface area (Å²) in [7, 11) is 0. The van der Waals surface area contributed by atoms with E-state index in [1.54, 1.807) is 4.68 Å². The summed E-state index contributed by atoms with van der Waals surface area (Å²) in [4.78, 5) is 2.51. The molecule has 2 fully saturated rings. The first-order valence-electron chi connectivity index (χ1n) is 9.41. The standard InChI is InChI=1S/C20H26F2N4.ClH/c1-14-17(12-25-10-7-20(13-25)5-8-23-9-6-20)15(2)26(24-14)19-4-3-16(21)11-18(19)22;/h3-4,11,23H,5-10,12-13H2,1-2H3;1H. The molecule has 4 nitrogen and oxygen atoms in total. The number of nitrogens with one attached hydrogen (secondary N) is 1. The highest BCUT2D eigenvalue weighted by Gasteiger charge is 2.39. The lowest BCUT2D eigenvalue weighted by molar-refractivity contribution is 0.193. The molecule has 4 rings (SSSR count). The lowest BCUT2D eigenvalue weighted by Gasteiger charge is -2.34. The van der Waals surface area contributed by atoms with Crippen molar-refractivity contribution in [3.63, 3.8) is 0 Å². The van der Waals surface area contributed by atoms with Crippen LogP contribution in [0, 0.1) is 30.9 Å². The van der Waals surface area contributed by atoms with Crippen molar-refractivity contribution in [1.82, 2.24) is 20.0 Å². The first kappa shape index (κ1) is 20.2. The number of likely N-dealkylation sites (tertiary alicyclic amines) is 1. The molecular weight excluding hydrogens is 370 g/mol. The van der Waals surface area contributed by atoms with Crippen LogP contribution in [0.15, 0.2) is 18.2 Å². The number of hydrogen-bond donors (Lipinski definition) is 1. The van der Waals surface area contributed by atoms with Crippen LogP contribution in [0.3, 0.4) is 0 Å². The highest BCUT2D eigenvalue weighted by atomic mass is 35.5. The number of nitrogens with zero attached hydrogens (tertiary/aromatic N) is 3. The van der Waals surface area contributed by atoms with Crippen LogP contribution in [-0.4, -0.2) is 40.9 Å². The van der Waals surface area contributed by atoms with E-state index >= 15 is 0 Å². The number of aromatic nitrogens is 2. The van der Waals surface area contributed by atoms with Crippen molar-refractivity contribution >= 4 is 12.4 Å². The van der Waals surface area contributed by atoms with Gasteiger partial charge in [-0.15, -0.1) is 12.4 Å². The molecule has 0 bridgehead atoms. The monoisotopic (exact) mass is 396 g/mol. The van der Waals surface area contributed by atoms with Crippen molar-refractivity contribution in [3.8, 4) is 5.69 Å². The van der Waals surface area contributed by atoms with Gasteiger partial charge in [-0.1, -0.05) is 0 Å². The minimum absolute atomic E-state index is 0. The Balaban J connectivity index is 0.00000210. The summed E-state index contributed by atoms with van der Waals surface area (Å²) in [6, 6.07) is 3.64. The van der Waals surface area contributed by atoms with Crippen molar-refractivity contribution in [2.75, 3.05) is 26.2 Å². The van der Waals surface area contributed by atoms with E-state index in [9.17, 15) is 8.78 Å². The molecule has 0 aliphatic carbocycles. The van der Waals surface area contributed by atoms with E-state index < -0.39 is 11.6 Å². The molecule has 0 atom stereocenters. The van der Waals surface area contributed by atoms with Crippen LogP contribution in [0.4, 0.5) is 8.78 Å². The third kappa shape index (κ3) is 3.89. The zero-order chi connectivity index (χ0) is 18.3. The van der Waals surface area contributed by atoms with Gasteiger partial charge in [0.2, 0.25) is 0 Å². The van der Waals surface area contributed by atoms with Crippen molar-refractivity contribution < 1.29 is 8.78 Å². The van der Waals surface area contributed by atoms with Crippen molar-refractivity contribution in [2.45, 2.75) is 39.7 Å². The van der Waals surface area contributed by atoms with Crippen molar-refractivity contribution in [2.24, 2.45) is 5.41 Å². The number of halogens is 3. The molecule has 1 spiro atoms. The van der Waals surface area contributed by atoms with Gasteiger partial charge in [0.25, 0.3) is 0 Å². The van der Waals surface area contributed by atoms with Crippen LogP contribution in [0.2, 0.25) is 0 Å². The molecule has 2 saturated heterocycles. The summed E-state index contributed by atoms with van der Waals surface area (Å²) < 4.78 is 29.0. The van der Waals surface area contributed by atoms with Crippen LogP contribution in [-0.2, 0) is 6.54 Å². The second-order valence-corrected chi connectivity index (χ2v) is 7.87. The van der Waals surface area contributed by atoms with Crippen LogP contribution in [0.25, 0.3) is 5.69 Å². The van der Waals surface area contributed by atoms with Crippen LogP contribution < -0.4 is 5.32 Å². The average Bonchev–Trinajstić information content (AvgIpc) is 3.12. The molecule has 1 aromatic heterocycles. The quantitative estimate of drug-likeness (QED) is 0.857. The summed E-state index contributed by atoms with van der Waals surface area (Å²) in [6.07, 6.45) is 3.76. The maximum absolute atomic E-state index is 14.2. The highest BCUT2D eigenvalue weighted by molar-refractivity contribution is 5.85. The highest BCUT2D eigenvalue weighted by Crippen LogP contribution is 2.39. The van der Waals surface area contributed by atoms with Gasteiger partial charge in [0, 0.05) is 30.4 Å². The molecule has 1 aromatic carbocycles. The maximum Gasteiger partial charge on any atom is 0.151 e. The Kier molecular flexibility index (Phi) is 5.89. The van der Waals surface area contributed by atoms with Gasteiger partial charge in [-0.3, -0.25) is 4.90 Å². The second kappa shape index (κ2) is 7.86. The lowest BCUT2D eigenvalue weighted by Crippen LogP contribution is -2.38.